The average molecular weight is 316 g/mol. The Morgan fingerprint density at radius 1 is 0.958 bits per heavy atom. The minimum atomic E-state index is -0.133. The van der Waals surface area contributed by atoms with Crippen molar-refractivity contribution in [3.8, 4) is 5.75 Å². The lowest BCUT2D eigenvalue weighted by molar-refractivity contribution is 0.427. The van der Waals surface area contributed by atoms with Crippen LogP contribution in [0, 0.1) is 13.8 Å². The fourth-order valence-electron chi connectivity index (χ4n) is 3.29. The van der Waals surface area contributed by atoms with E-state index in [4.69, 9.17) is 16.2 Å². The number of benzene rings is 2. The number of fused-ring (bicyclic) bond motifs is 2. The zero-order chi connectivity index (χ0) is 16.8. The first-order valence-electron chi connectivity index (χ1n) is 8.08. The van der Waals surface area contributed by atoms with Gasteiger partial charge in [-0.3, -0.25) is 0 Å². The lowest BCUT2D eigenvalue weighted by Crippen LogP contribution is -2.21. The zero-order valence-corrected chi connectivity index (χ0v) is 13.8. The van der Waals surface area contributed by atoms with Gasteiger partial charge in [-0.05, 0) is 43.2 Å². The number of nitrogen functional groups attached to an aromatic ring is 1. The maximum atomic E-state index is 6.35. The second-order valence-corrected chi connectivity index (χ2v) is 6.45. The van der Waals surface area contributed by atoms with Gasteiger partial charge in [0.1, 0.15) is 11.5 Å². The normalized spacial score (nSPS) is 18.6. The topological polar surface area (TPSA) is 61.3 Å². The molecule has 120 valence electrons. The van der Waals surface area contributed by atoms with Crippen molar-refractivity contribution in [1.29, 1.82) is 0 Å². The molecule has 0 saturated heterocycles. The van der Waals surface area contributed by atoms with Gasteiger partial charge in [-0.25, -0.2) is 0 Å². The van der Waals surface area contributed by atoms with Crippen LogP contribution in [0.2, 0.25) is 0 Å². The Morgan fingerprint density at radius 2 is 1.67 bits per heavy atom. The number of rotatable bonds is 1. The van der Waals surface area contributed by atoms with E-state index in [2.05, 4.69) is 37.3 Å². The van der Waals surface area contributed by atoms with Gasteiger partial charge in [-0.1, -0.05) is 36.4 Å². The lowest BCUT2D eigenvalue weighted by Gasteiger charge is -2.28. The Bertz CT molecular complexity index is 935. The number of aryl methyl sites for hydroxylation is 2. The summed E-state index contributed by atoms with van der Waals surface area (Å²) in [7, 11) is 0. The highest BCUT2D eigenvalue weighted by atomic mass is 16.5. The predicted molar refractivity (Wildman–Crippen MR) is 98.6 cm³/mol. The molecule has 0 fully saturated rings. The number of ether oxygens (including phenoxy) is 1. The van der Waals surface area contributed by atoms with E-state index in [9.17, 15) is 0 Å². The molecule has 3 heteroatoms. The zero-order valence-electron chi connectivity index (χ0n) is 13.8. The first kappa shape index (κ1) is 14.8. The summed E-state index contributed by atoms with van der Waals surface area (Å²) in [4.78, 5) is 0. The third kappa shape index (κ3) is 2.34. The molecule has 2 aliphatic rings. The lowest BCUT2D eigenvalue weighted by atomic mass is 9.86. The van der Waals surface area contributed by atoms with Crippen molar-refractivity contribution in [1.82, 2.24) is 0 Å². The van der Waals surface area contributed by atoms with Crippen molar-refractivity contribution in [2.24, 2.45) is 5.73 Å². The van der Waals surface area contributed by atoms with Crippen molar-refractivity contribution in [2.75, 3.05) is 5.73 Å². The van der Waals surface area contributed by atoms with Gasteiger partial charge in [-0.2, -0.15) is 0 Å². The van der Waals surface area contributed by atoms with E-state index >= 15 is 0 Å². The van der Waals surface area contributed by atoms with Gasteiger partial charge in [0.25, 0.3) is 0 Å². The van der Waals surface area contributed by atoms with Crippen LogP contribution in [0.15, 0.2) is 66.0 Å². The number of nitrogens with two attached hydrogens (primary N) is 2. The Labute approximate surface area is 141 Å². The highest BCUT2D eigenvalue weighted by molar-refractivity contribution is 5.94. The molecular formula is C21H20N2O. The van der Waals surface area contributed by atoms with Gasteiger partial charge in [0.2, 0.25) is 0 Å². The predicted octanol–water partition coefficient (Wildman–Crippen LogP) is 3.86. The summed E-state index contributed by atoms with van der Waals surface area (Å²) in [5.74, 6) is 1.65. The van der Waals surface area contributed by atoms with Crippen LogP contribution in [0.25, 0.3) is 5.57 Å². The summed E-state index contributed by atoms with van der Waals surface area (Å²) in [6.45, 7) is 4.10. The van der Waals surface area contributed by atoms with Crippen LogP contribution in [-0.2, 0) is 0 Å². The monoisotopic (exact) mass is 316 g/mol. The van der Waals surface area contributed by atoms with Crippen LogP contribution in [0.1, 0.15) is 22.3 Å². The van der Waals surface area contributed by atoms with Crippen LogP contribution in [0.4, 0.5) is 5.69 Å². The molecule has 1 heterocycles. The van der Waals surface area contributed by atoms with E-state index in [0.717, 1.165) is 50.6 Å². The largest absolute Gasteiger partial charge is 0.456 e. The summed E-state index contributed by atoms with van der Waals surface area (Å²) < 4.78 is 6.13. The molecule has 0 amide bonds. The summed E-state index contributed by atoms with van der Waals surface area (Å²) in [5, 5.41) is 0. The molecule has 3 nitrogen and oxygen atoms in total. The fourth-order valence-corrected chi connectivity index (χ4v) is 3.29. The molecule has 0 saturated carbocycles. The first-order chi connectivity index (χ1) is 11.5. The van der Waals surface area contributed by atoms with Gasteiger partial charge in [-0.15, -0.1) is 0 Å². The molecule has 0 bridgehead atoms. The molecule has 2 aromatic rings. The van der Waals surface area contributed by atoms with E-state index in [-0.39, 0.29) is 6.04 Å². The van der Waals surface area contributed by atoms with Gasteiger partial charge in [0.15, 0.2) is 0 Å². The minimum absolute atomic E-state index is 0.133. The molecule has 0 spiro atoms. The molecular weight excluding hydrogens is 296 g/mol. The van der Waals surface area contributed by atoms with Crippen molar-refractivity contribution >= 4 is 11.3 Å². The van der Waals surface area contributed by atoms with Gasteiger partial charge in [0.05, 0.1) is 0 Å². The summed E-state index contributed by atoms with van der Waals surface area (Å²) in [5.41, 5.74) is 19.7. The summed E-state index contributed by atoms with van der Waals surface area (Å²) >= 11 is 0. The van der Waals surface area contributed by atoms with Crippen molar-refractivity contribution < 1.29 is 4.74 Å². The van der Waals surface area contributed by atoms with Gasteiger partial charge in [0, 0.05) is 34.0 Å². The van der Waals surface area contributed by atoms with Crippen LogP contribution < -0.4 is 16.2 Å². The molecule has 1 aliphatic carbocycles. The Hall–Kier alpha value is -2.78. The second kappa shape index (κ2) is 5.39. The van der Waals surface area contributed by atoms with E-state index in [1.54, 1.807) is 0 Å². The maximum Gasteiger partial charge on any atom is 0.135 e. The van der Waals surface area contributed by atoms with Crippen molar-refractivity contribution in [3.63, 3.8) is 0 Å². The SMILES string of the molecule is Cc1ccc(C2=C3C=CC(N)C=C3Oc3cc(C)ccc32)c(N)c1. The summed E-state index contributed by atoms with van der Waals surface area (Å²) in [6, 6.07) is 12.3. The van der Waals surface area contributed by atoms with E-state index in [1.165, 1.54) is 0 Å². The number of hydrogen-bond donors (Lipinski definition) is 2. The maximum absolute atomic E-state index is 6.35. The quantitative estimate of drug-likeness (QED) is 0.785. The highest BCUT2D eigenvalue weighted by Gasteiger charge is 2.27. The Balaban J connectivity index is 2.03. The van der Waals surface area contributed by atoms with Crippen LogP contribution in [-0.4, -0.2) is 6.04 Å². The standard InChI is InChI=1S/C21H20N2O/c1-12-3-6-15(18(23)9-12)21-16-7-4-13(2)10-19(16)24-20-11-14(22)5-8-17(20)21/h3-11,14H,22-23H2,1-2H3. The molecule has 4 N–H and O–H groups in total. The van der Waals surface area contributed by atoms with Crippen LogP contribution in [0.3, 0.4) is 0 Å². The Kier molecular flexibility index (Phi) is 3.32. The third-order valence-electron chi connectivity index (χ3n) is 4.47. The third-order valence-corrected chi connectivity index (χ3v) is 4.47. The van der Waals surface area contributed by atoms with Gasteiger partial charge >= 0.3 is 0 Å². The van der Waals surface area contributed by atoms with Gasteiger partial charge < -0.3 is 16.2 Å². The number of allylic oxidation sites excluding steroid dienone is 1. The van der Waals surface area contributed by atoms with Crippen LogP contribution >= 0.6 is 0 Å². The van der Waals surface area contributed by atoms with E-state index < -0.39 is 0 Å². The molecule has 2 aromatic carbocycles. The molecule has 1 aliphatic heterocycles. The second-order valence-electron chi connectivity index (χ2n) is 6.45. The summed E-state index contributed by atoms with van der Waals surface area (Å²) in [6.07, 6.45) is 5.97. The van der Waals surface area contributed by atoms with Crippen molar-refractivity contribution in [3.05, 3.63) is 88.2 Å². The van der Waals surface area contributed by atoms with E-state index in [0.29, 0.717) is 0 Å². The Morgan fingerprint density at radius 3 is 2.42 bits per heavy atom. The minimum Gasteiger partial charge on any atom is -0.456 e. The molecule has 4 rings (SSSR count). The number of anilines is 1. The molecule has 0 radical (unpaired) electrons. The highest BCUT2D eigenvalue weighted by Crippen LogP contribution is 2.44. The number of hydrogen-bond acceptors (Lipinski definition) is 3. The molecule has 0 aromatic heterocycles. The molecule has 24 heavy (non-hydrogen) atoms. The van der Waals surface area contributed by atoms with Crippen molar-refractivity contribution in [2.45, 2.75) is 19.9 Å². The average Bonchev–Trinajstić information content (AvgIpc) is 2.53. The van der Waals surface area contributed by atoms with Crippen LogP contribution in [0.5, 0.6) is 5.75 Å². The van der Waals surface area contributed by atoms with E-state index in [1.807, 2.05) is 31.2 Å². The fraction of sp³-hybridized carbons (Fsp3) is 0.143. The molecule has 1 atom stereocenters. The smallest absolute Gasteiger partial charge is 0.135 e. The molecule has 1 unspecified atom stereocenters. The first-order valence-corrected chi connectivity index (χ1v) is 8.08.